The largest absolute Gasteiger partial charge is 0.330 e. The van der Waals surface area contributed by atoms with Crippen LogP contribution in [0.5, 0.6) is 0 Å². The highest BCUT2D eigenvalue weighted by Crippen LogP contribution is 2.26. The van der Waals surface area contributed by atoms with E-state index in [4.69, 9.17) is 0 Å². The van der Waals surface area contributed by atoms with Crippen molar-refractivity contribution in [3.63, 3.8) is 0 Å². The van der Waals surface area contributed by atoms with Crippen LogP contribution < -0.4 is 5.32 Å². The fraction of sp³-hybridized carbons (Fsp3) is 0. The van der Waals surface area contributed by atoms with E-state index in [2.05, 4.69) is 36.2 Å². The zero-order chi connectivity index (χ0) is 13.1. The molecule has 0 amide bonds. The maximum Gasteiger partial charge on any atom is 0.187 e. The van der Waals surface area contributed by atoms with Gasteiger partial charge in [0.15, 0.2) is 5.13 Å². The summed E-state index contributed by atoms with van der Waals surface area (Å²) in [7, 11) is 0. The molecule has 0 saturated carbocycles. The standard InChI is InChI=1S/C13H9BrN4S/c14-12-4-3-10(7-16-12)17-13-18-11(8-19-13)9-2-1-5-15-6-9/h1-8H,(H,17,18). The summed E-state index contributed by atoms with van der Waals surface area (Å²) in [4.78, 5) is 12.8. The smallest absolute Gasteiger partial charge is 0.187 e. The molecule has 3 heterocycles. The molecule has 0 aliphatic rings. The molecule has 0 radical (unpaired) electrons. The number of aromatic nitrogens is 3. The molecule has 0 spiro atoms. The lowest BCUT2D eigenvalue weighted by atomic mass is 10.2. The molecule has 0 atom stereocenters. The van der Waals surface area contributed by atoms with Gasteiger partial charge in [-0.15, -0.1) is 11.3 Å². The van der Waals surface area contributed by atoms with Crippen molar-refractivity contribution < 1.29 is 0 Å². The van der Waals surface area contributed by atoms with Gasteiger partial charge < -0.3 is 5.32 Å². The van der Waals surface area contributed by atoms with E-state index < -0.39 is 0 Å². The van der Waals surface area contributed by atoms with Crippen LogP contribution in [0, 0.1) is 0 Å². The Bertz CT molecular complexity index is 667. The molecule has 0 bridgehead atoms. The number of hydrogen-bond donors (Lipinski definition) is 1. The molecular formula is C13H9BrN4S. The molecule has 0 aliphatic heterocycles. The first-order chi connectivity index (χ1) is 9.31. The van der Waals surface area contributed by atoms with E-state index in [0.717, 1.165) is 26.7 Å². The number of nitrogens with one attached hydrogen (secondary N) is 1. The van der Waals surface area contributed by atoms with Gasteiger partial charge in [0.25, 0.3) is 0 Å². The summed E-state index contributed by atoms with van der Waals surface area (Å²) in [5, 5.41) is 6.07. The van der Waals surface area contributed by atoms with Crippen molar-refractivity contribution in [2.75, 3.05) is 5.32 Å². The minimum absolute atomic E-state index is 0.813. The second-order valence-corrected chi connectivity index (χ2v) is 5.44. The van der Waals surface area contributed by atoms with Crippen LogP contribution in [-0.2, 0) is 0 Å². The van der Waals surface area contributed by atoms with E-state index in [1.54, 1.807) is 29.9 Å². The third kappa shape index (κ3) is 2.97. The van der Waals surface area contributed by atoms with E-state index in [1.165, 1.54) is 0 Å². The van der Waals surface area contributed by atoms with Crippen LogP contribution >= 0.6 is 27.3 Å². The van der Waals surface area contributed by atoms with Gasteiger partial charge in [-0.25, -0.2) is 9.97 Å². The summed E-state index contributed by atoms with van der Waals surface area (Å²) < 4.78 is 0.813. The first kappa shape index (κ1) is 12.3. The van der Waals surface area contributed by atoms with Gasteiger partial charge in [0.1, 0.15) is 4.60 Å². The van der Waals surface area contributed by atoms with Gasteiger partial charge in [-0.3, -0.25) is 4.98 Å². The Balaban J connectivity index is 1.80. The summed E-state index contributed by atoms with van der Waals surface area (Å²) in [5.74, 6) is 0. The zero-order valence-corrected chi connectivity index (χ0v) is 12.1. The molecule has 19 heavy (non-hydrogen) atoms. The van der Waals surface area contributed by atoms with E-state index in [-0.39, 0.29) is 0 Å². The fourth-order valence-corrected chi connectivity index (χ4v) is 2.53. The number of anilines is 2. The molecule has 1 N–H and O–H groups in total. The molecule has 3 rings (SSSR count). The minimum Gasteiger partial charge on any atom is -0.330 e. The van der Waals surface area contributed by atoms with Crippen LogP contribution in [0.1, 0.15) is 0 Å². The first-order valence-electron chi connectivity index (χ1n) is 5.56. The van der Waals surface area contributed by atoms with Crippen molar-refractivity contribution in [3.05, 3.63) is 52.8 Å². The fourth-order valence-electron chi connectivity index (χ4n) is 1.55. The van der Waals surface area contributed by atoms with Crippen molar-refractivity contribution in [1.29, 1.82) is 0 Å². The maximum absolute atomic E-state index is 4.53. The summed E-state index contributed by atoms with van der Waals surface area (Å²) in [6.07, 6.45) is 5.32. The van der Waals surface area contributed by atoms with E-state index >= 15 is 0 Å². The van der Waals surface area contributed by atoms with Gasteiger partial charge in [-0.1, -0.05) is 0 Å². The molecule has 0 fully saturated rings. The van der Waals surface area contributed by atoms with Crippen LogP contribution in [0.25, 0.3) is 11.3 Å². The lowest BCUT2D eigenvalue weighted by Gasteiger charge is -2.01. The van der Waals surface area contributed by atoms with Crippen molar-refractivity contribution in [2.45, 2.75) is 0 Å². The Labute approximate surface area is 122 Å². The molecule has 6 heteroatoms. The molecule has 0 unspecified atom stereocenters. The van der Waals surface area contributed by atoms with Crippen molar-refractivity contribution >= 4 is 38.1 Å². The van der Waals surface area contributed by atoms with Gasteiger partial charge in [0.05, 0.1) is 17.6 Å². The number of thiazole rings is 1. The third-order valence-electron chi connectivity index (χ3n) is 2.44. The highest BCUT2D eigenvalue weighted by molar-refractivity contribution is 9.10. The third-order valence-corrected chi connectivity index (χ3v) is 3.67. The normalized spacial score (nSPS) is 10.4. The molecule has 0 saturated heterocycles. The van der Waals surface area contributed by atoms with E-state index in [9.17, 15) is 0 Å². The summed E-state index contributed by atoms with van der Waals surface area (Å²) in [6.45, 7) is 0. The van der Waals surface area contributed by atoms with Gasteiger partial charge in [-0.2, -0.15) is 0 Å². The second-order valence-electron chi connectivity index (χ2n) is 3.77. The number of rotatable bonds is 3. The first-order valence-corrected chi connectivity index (χ1v) is 7.23. The molecular weight excluding hydrogens is 324 g/mol. The average Bonchev–Trinajstić information content (AvgIpc) is 2.91. The molecule has 3 aromatic rings. The highest BCUT2D eigenvalue weighted by Gasteiger charge is 2.04. The Hall–Kier alpha value is -1.79. The second kappa shape index (κ2) is 5.46. The predicted octanol–water partition coefficient (Wildman–Crippen LogP) is 4.11. The Morgan fingerprint density at radius 1 is 1.16 bits per heavy atom. The quantitative estimate of drug-likeness (QED) is 0.733. The van der Waals surface area contributed by atoms with Gasteiger partial charge in [-0.05, 0) is 40.2 Å². The molecule has 3 aromatic heterocycles. The summed E-state index contributed by atoms with van der Waals surface area (Å²) in [6, 6.07) is 7.73. The predicted molar refractivity (Wildman–Crippen MR) is 80.6 cm³/mol. The molecule has 0 aliphatic carbocycles. The zero-order valence-electron chi connectivity index (χ0n) is 9.75. The Morgan fingerprint density at radius 2 is 2.11 bits per heavy atom. The van der Waals surface area contributed by atoms with Crippen LogP contribution in [-0.4, -0.2) is 15.0 Å². The van der Waals surface area contributed by atoms with Crippen molar-refractivity contribution in [3.8, 4) is 11.3 Å². The van der Waals surface area contributed by atoms with Crippen LogP contribution in [0.2, 0.25) is 0 Å². The number of hydrogen-bond acceptors (Lipinski definition) is 5. The molecule has 4 nitrogen and oxygen atoms in total. The summed E-state index contributed by atoms with van der Waals surface area (Å²) >= 11 is 4.86. The van der Waals surface area contributed by atoms with Gasteiger partial charge in [0.2, 0.25) is 0 Å². The number of pyridine rings is 2. The minimum atomic E-state index is 0.813. The number of halogens is 1. The van der Waals surface area contributed by atoms with Crippen LogP contribution in [0.3, 0.4) is 0 Å². The van der Waals surface area contributed by atoms with Crippen molar-refractivity contribution in [2.24, 2.45) is 0 Å². The van der Waals surface area contributed by atoms with Crippen LogP contribution in [0.4, 0.5) is 10.8 Å². The lowest BCUT2D eigenvalue weighted by molar-refractivity contribution is 1.26. The molecule has 94 valence electrons. The maximum atomic E-state index is 4.53. The van der Waals surface area contributed by atoms with Crippen molar-refractivity contribution in [1.82, 2.24) is 15.0 Å². The molecule has 0 aromatic carbocycles. The Kier molecular flexibility index (Phi) is 3.52. The number of nitrogens with zero attached hydrogens (tertiary/aromatic N) is 3. The van der Waals surface area contributed by atoms with Gasteiger partial charge in [0, 0.05) is 23.3 Å². The topological polar surface area (TPSA) is 50.7 Å². The SMILES string of the molecule is Brc1ccc(Nc2nc(-c3cccnc3)cs2)cn1. The monoisotopic (exact) mass is 332 g/mol. The van der Waals surface area contributed by atoms with E-state index in [0.29, 0.717) is 0 Å². The van der Waals surface area contributed by atoms with Gasteiger partial charge >= 0.3 is 0 Å². The van der Waals surface area contributed by atoms with E-state index in [1.807, 2.05) is 29.6 Å². The van der Waals surface area contributed by atoms with Crippen LogP contribution in [0.15, 0.2) is 52.8 Å². The lowest BCUT2D eigenvalue weighted by Crippen LogP contribution is -1.90. The highest BCUT2D eigenvalue weighted by atomic mass is 79.9. The average molecular weight is 333 g/mol. The summed E-state index contributed by atoms with van der Waals surface area (Å²) in [5.41, 5.74) is 2.85. The Morgan fingerprint density at radius 3 is 2.84 bits per heavy atom.